The molecule has 1 rings (SSSR count). The minimum absolute atomic E-state index is 0.931. The molecule has 2 heteroatoms. The Morgan fingerprint density at radius 1 is 1.58 bits per heavy atom. The molecular formula is C10H12N2. The molecule has 62 valence electrons. The van der Waals surface area contributed by atoms with Gasteiger partial charge in [0, 0.05) is 23.7 Å². The van der Waals surface area contributed by atoms with Crippen LogP contribution in [0.2, 0.25) is 0 Å². The van der Waals surface area contributed by atoms with E-state index in [-0.39, 0.29) is 0 Å². The molecule has 1 aliphatic rings. The van der Waals surface area contributed by atoms with Crippen molar-refractivity contribution in [1.82, 2.24) is 0 Å². The van der Waals surface area contributed by atoms with Gasteiger partial charge in [-0.05, 0) is 19.9 Å². The lowest BCUT2D eigenvalue weighted by molar-refractivity contribution is 1.46. The lowest BCUT2D eigenvalue weighted by Gasteiger charge is -2.08. The second-order valence-electron chi connectivity index (χ2n) is 2.43. The molecular weight excluding hydrogens is 148 g/mol. The summed E-state index contributed by atoms with van der Waals surface area (Å²) in [5.74, 6) is 0. The van der Waals surface area contributed by atoms with Gasteiger partial charge in [0.15, 0.2) is 0 Å². The van der Waals surface area contributed by atoms with Gasteiger partial charge in [0.05, 0.1) is 5.71 Å². The van der Waals surface area contributed by atoms with Crippen LogP contribution in [-0.2, 0) is 0 Å². The van der Waals surface area contributed by atoms with Gasteiger partial charge in [-0.2, -0.15) is 0 Å². The Hall–Kier alpha value is -1.44. The van der Waals surface area contributed by atoms with Gasteiger partial charge in [-0.25, -0.2) is 0 Å². The van der Waals surface area contributed by atoms with Crippen LogP contribution in [-0.4, -0.2) is 11.4 Å². The van der Waals surface area contributed by atoms with E-state index < -0.39 is 0 Å². The van der Waals surface area contributed by atoms with Crippen LogP contribution in [0.3, 0.4) is 0 Å². The van der Waals surface area contributed by atoms with Crippen molar-refractivity contribution in [3.05, 3.63) is 36.7 Å². The second kappa shape index (κ2) is 3.81. The quantitative estimate of drug-likeness (QED) is 0.563. The van der Waals surface area contributed by atoms with E-state index in [9.17, 15) is 0 Å². The van der Waals surface area contributed by atoms with Crippen LogP contribution >= 0.6 is 0 Å². The molecule has 0 aromatic rings. The Morgan fingerprint density at radius 2 is 2.33 bits per heavy atom. The van der Waals surface area contributed by atoms with Crippen LogP contribution in [0.5, 0.6) is 0 Å². The van der Waals surface area contributed by atoms with Gasteiger partial charge >= 0.3 is 0 Å². The molecule has 0 radical (unpaired) electrons. The largest absolute Gasteiger partial charge is 0.261 e. The Bertz CT molecular complexity index is 301. The molecule has 2 nitrogen and oxygen atoms in total. The molecule has 0 fully saturated rings. The molecule has 12 heavy (non-hydrogen) atoms. The Kier molecular flexibility index (Phi) is 2.75. The van der Waals surface area contributed by atoms with Crippen molar-refractivity contribution in [3.8, 4) is 0 Å². The first-order chi connectivity index (χ1) is 5.79. The lowest BCUT2D eigenvalue weighted by Crippen LogP contribution is -2.10. The summed E-state index contributed by atoms with van der Waals surface area (Å²) in [6.45, 7) is 7.51. The highest BCUT2D eigenvalue weighted by atomic mass is 14.8. The van der Waals surface area contributed by atoms with Crippen molar-refractivity contribution in [1.29, 1.82) is 0 Å². The number of nitrogens with zero attached hydrogens (tertiary/aromatic N) is 2. The van der Waals surface area contributed by atoms with Crippen LogP contribution in [0, 0.1) is 0 Å². The van der Waals surface area contributed by atoms with Crippen molar-refractivity contribution in [3.63, 3.8) is 0 Å². The van der Waals surface area contributed by atoms with Gasteiger partial charge in [-0.1, -0.05) is 12.7 Å². The van der Waals surface area contributed by atoms with Gasteiger partial charge in [0.2, 0.25) is 0 Å². The van der Waals surface area contributed by atoms with E-state index in [0.29, 0.717) is 0 Å². The first-order valence-electron chi connectivity index (χ1n) is 3.86. The fourth-order valence-electron chi connectivity index (χ4n) is 1.13. The van der Waals surface area contributed by atoms with Crippen LogP contribution in [0.4, 0.5) is 0 Å². The predicted molar refractivity (Wildman–Crippen MR) is 53.6 cm³/mol. The zero-order chi connectivity index (χ0) is 8.97. The smallest absolute Gasteiger partial charge is 0.0731 e. The zero-order valence-electron chi connectivity index (χ0n) is 7.41. The molecule has 1 heterocycles. The molecule has 0 spiro atoms. The van der Waals surface area contributed by atoms with Crippen molar-refractivity contribution >= 4 is 11.4 Å². The van der Waals surface area contributed by atoms with Crippen LogP contribution in [0.1, 0.15) is 13.8 Å². The highest BCUT2D eigenvalue weighted by Crippen LogP contribution is 2.09. The SMILES string of the molecule is C=CN=C1C=CN=C(C)/C1=C/C. The van der Waals surface area contributed by atoms with E-state index in [0.717, 1.165) is 17.0 Å². The summed E-state index contributed by atoms with van der Waals surface area (Å²) in [5.41, 5.74) is 3.01. The van der Waals surface area contributed by atoms with Crippen LogP contribution in [0.15, 0.2) is 46.7 Å². The molecule has 0 saturated carbocycles. The number of allylic oxidation sites excluding steroid dienone is 3. The summed E-state index contributed by atoms with van der Waals surface area (Å²) in [4.78, 5) is 8.30. The van der Waals surface area contributed by atoms with Gasteiger partial charge < -0.3 is 0 Å². The van der Waals surface area contributed by atoms with Crippen molar-refractivity contribution < 1.29 is 0 Å². The first-order valence-corrected chi connectivity index (χ1v) is 3.86. The summed E-state index contributed by atoms with van der Waals surface area (Å²) in [7, 11) is 0. The Morgan fingerprint density at radius 3 is 2.92 bits per heavy atom. The number of hydrogen-bond acceptors (Lipinski definition) is 2. The van der Waals surface area contributed by atoms with E-state index in [1.165, 1.54) is 0 Å². The minimum atomic E-state index is 0.931. The van der Waals surface area contributed by atoms with Crippen LogP contribution in [0.25, 0.3) is 0 Å². The molecule has 1 aliphatic heterocycles. The number of rotatable bonds is 1. The third kappa shape index (κ3) is 1.59. The van der Waals surface area contributed by atoms with E-state index in [1.807, 2.05) is 26.0 Å². The topological polar surface area (TPSA) is 24.7 Å². The summed E-state index contributed by atoms with van der Waals surface area (Å²) in [6.07, 6.45) is 7.18. The first kappa shape index (κ1) is 8.65. The van der Waals surface area contributed by atoms with Crippen molar-refractivity contribution in [2.45, 2.75) is 13.8 Å². The summed E-state index contributed by atoms with van der Waals surface area (Å²) in [6, 6.07) is 0. The molecule has 0 aliphatic carbocycles. The molecule has 0 bridgehead atoms. The van der Waals surface area contributed by atoms with E-state index >= 15 is 0 Å². The van der Waals surface area contributed by atoms with Crippen molar-refractivity contribution in [2.75, 3.05) is 0 Å². The van der Waals surface area contributed by atoms with Gasteiger partial charge in [0.1, 0.15) is 0 Å². The normalized spacial score (nSPS) is 23.0. The maximum atomic E-state index is 4.17. The number of hydrogen-bond donors (Lipinski definition) is 0. The fraction of sp³-hybridized carbons (Fsp3) is 0.200. The molecule has 0 aromatic carbocycles. The van der Waals surface area contributed by atoms with E-state index in [1.54, 1.807) is 12.4 Å². The number of aliphatic imine (C=N–C) groups is 2. The van der Waals surface area contributed by atoms with E-state index in [4.69, 9.17) is 0 Å². The summed E-state index contributed by atoms with van der Waals surface area (Å²) in [5, 5.41) is 0. The maximum absolute atomic E-state index is 4.17. The second-order valence-corrected chi connectivity index (χ2v) is 2.43. The minimum Gasteiger partial charge on any atom is -0.261 e. The summed E-state index contributed by atoms with van der Waals surface area (Å²) < 4.78 is 0. The monoisotopic (exact) mass is 160 g/mol. The Labute approximate surface area is 72.7 Å². The average Bonchev–Trinajstić information content (AvgIpc) is 2.05. The molecule has 0 saturated heterocycles. The highest BCUT2D eigenvalue weighted by molar-refractivity contribution is 6.29. The molecule has 0 N–H and O–H groups in total. The van der Waals surface area contributed by atoms with Gasteiger partial charge in [-0.3, -0.25) is 9.98 Å². The molecule has 0 aromatic heterocycles. The third-order valence-corrected chi connectivity index (χ3v) is 1.69. The zero-order valence-corrected chi connectivity index (χ0v) is 7.41. The molecule has 0 amide bonds. The lowest BCUT2D eigenvalue weighted by atomic mass is 10.0. The fourth-order valence-corrected chi connectivity index (χ4v) is 1.13. The summed E-state index contributed by atoms with van der Waals surface area (Å²) >= 11 is 0. The third-order valence-electron chi connectivity index (χ3n) is 1.69. The molecule has 0 atom stereocenters. The average molecular weight is 160 g/mol. The standard InChI is InChI=1S/C10H12N2/c1-4-9-8(3)12-7-6-10(9)11-5-2/h4-7H,2H2,1,3H3/b9-4-,11-10?. The van der Waals surface area contributed by atoms with E-state index in [2.05, 4.69) is 16.6 Å². The maximum Gasteiger partial charge on any atom is 0.0731 e. The van der Waals surface area contributed by atoms with Gasteiger partial charge in [0.25, 0.3) is 0 Å². The highest BCUT2D eigenvalue weighted by Gasteiger charge is 2.08. The van der Waals surface area contributed by atoms with Gasteiger partial charge in [-0.15, -0.1) is 0 Å². The molecule has 0 unspecified atom stereocenters. The van der Waals surface area contributed by atoms with Crippen molar-refractivity contribution in [2.24, 2.45) is 9.98 Å². The van der Waals surface area contributed by atoms with Crippen LogP contribution < -0.4 is 0 Å². The Balaban J connectivity index is 3.09. The predicted octanol–water partition coefficient (Wildman–Crippen LogP) is 2.51.